The van der Waals surface area contributed by atoms with Crippen LogP contribution in [0.1, 0.15) is 43.9 Å². The number of benzene rings is 1. The van der Waals surface area contributed by atoms with E-state index in [-0.39, 0.29) is 16.9 Å². The summed E-state index contributed by atoms with van der Waals surface area (Å²) in [5, 5.41) is 0. The number of carbonyl (C=O) groups is 1. The molecule has 0 fully saturated rings. The molecular weight excluding hydrogens is 411 g/mol. The van der Waals surface area contributed by atoms with Gasteiger partial charge in [-0.05, 0) is 75.4 Å². The van der Waals surface area contributed by atoms with Crippen LogP contribution in [-0.2, 0) is 14.9 Å². The second-order valence-corrected chi connectivity index (χ2v) is 9.37. The van der Waals surface area contributed by atoms with Gasteiger partial charge in [0, 0.05) is 13.1 Å². The summed E-state index contributed by atoms with van der Waals surface area (Å²) in [5.41, 5.74) is -3.92. The van der Waals surface area contributed by atoms with E-state index < -0.39 is 27.3 Å². The van der Waals surface area contributed by atoms with Gasteiger partial charge in [-0.15, -0.1) is 0 Å². The van der Waals surface area contributed by atoms with Gasteiger partial charge in [-0.3, -0.25) is 0 Å². The normalized spacial score (nSPS) is 15.7. The maximum absolute atomic E-state index is 12.6. The van der Waals surface area contributed by atoms with E-state index >= 15 is 0 Å². The molecule has 10 heteroatoms. The molecule has 0 saturated heterocycles. The standard InChI is InChI=1S/C19H24F3NO5S/c1-12-10-15(11-13(2)16(12)28-29(25,26)19(20,21)22)14-6-8-23(9-7-14)17(24)27-18(3,4)5/h6,10-11H,7-9H2,1-5H3. The number of aryl methyl sites for hydroxylation is 2. The van der Waals surface area contributed by atoms with E-state index in [0.717, 1.165) is 11.1 Å². The van der Waals surface area contributed by atoms with Crippen LogP contribution in [0.15, 0.2) is 18.2 Å². The summed E-state index contributed by atoms with van der Waals surface area (Å²) in [5.74, 6) is -0.335. The first kappa shape index (κ1) is 23.1. The first-order valence-electron chi connectivity index (χ1n) is 8.90. The molecule has 1 aromatic rings. The summed E-state index contributed by atoms with van der Waals surface area (Å²) in [6, 6.07) is 3.15. The van der Waals surface area contributed by atoms with Crippen molar-refractivity contribution in [2.45, 2.75) is 52.1 Å². The van der Waals surface area contributed by atoms with Crippen molar-refractivity contribution in [2.75, 3.05) is 13.1 Å². The molecule has 29 heavy (non-hydrogen) atoms. The summed E-state index contributed by atoms with van der Waals surface area (Å²) in [6.07, 6.45) is 1.95. The van der Waals surface area contributed by atoms with Gasteiger partial charge in [0.15, 0.2) is 0 Å². The number of hydrogen-bond acceptors (Lipinski definition) is 5. The molecule has 0 aliphatic carbocycles. The van der Waals surface area contributed by atoms with E-state index in [2.05, 4.69) is 4.18 Å². The third-order valence-electron chi connectivity index (χ3n) is 4.17. The average Bonchev–Trinajstić information content (AvgIpc) is 2.55. The molecule has 0 saturated carbocycles. The molecule has 0 atom stereocenters. The van der Waals surface area contributed by atoms with Gasteiger partial charge in [-0.2, -0.15) is 21.6 Å². The van der Waals surface area contributed by atoms with Gasteiger partial charge < -0.3 is 13.8 Å². The Kier molecular flexibility index (Phi) is 6.27. The molecule has 0 unspecified atom stereocenters. The fourth-order valence-electron chi connectivity index (χ4n) is 2.85. The largest absolute Gasteiger partial charge is 0.534 e. The molecule has 0 aromatic heterocycles. The predicted octanol–water partition coefficient (Wildman–Crippen LogP) is 4.56. The van der Waals surface area contributed by atoms with Gasteiger partial charge in [0.1, 0.15) is 11.4 Å². The lowest BCUT2D eigenvalue weighted by atomic mass is 9.95. The van der Waals surface area contributed by atoms with Crippen molar-refractivity contribution < 1.29 is 35.3 Å². The van der Waals surface area contributed by atoms with Crippen molar-refractivity contribution in [1.29, 1.82) is 0 Å². The Balaban J connectivity index is 2.21. The zero-order valence-corrected chi connectivity index (χ0v) is 17.7. The summed E-state index contributed by atoms with van der Waals surface area (Å²) in [6.45, 7) is 9.07. The predicted molar refractivity (Wildman–Crippen MR) is 102 cm³/mol. The maximum atomic E-state index is 12.6. The third kappa shape index (κ3) is 5.65. The number of hydrogen-bond donors (Lipinski definition) is 0. The smallest absolute Gasteiger partial charge is 0.444 e. The number of carbonyl (C=O) groups excluding carboxylic acids is 1. The summed E-state index contributed by atoms with van der Waals surface area (Å²) >= 11 is 0. The van der Waals surface area contributed by atoms with Crippen molar-refractivity contribution in [2.24, 2.45) is 0 Å². The van der Waals surface area contributed by atoms with Crippen LogP contribution < -0.4 is 4.18 Å². The Morgan fingerprint density at radius 1 is 1.10 bits per heavy atom. The highest BCUT2D eigenvalue weighted by atomic mass is 32.2. The van der Waals surface area contributed by atoms with Crippen LogP contribution in [0, 0.1) is 13.8 Å². The second kappa shape index (κ2) is 7.89. The Hall–Kier alpha value is -2.23. The monoisotopic (exact) mass is 435 g/mol. The van der Waals surface area contributed by atoms with Gasteiger partial charge in [-0.25, -0.2) is 4.79 Å². The van der Waals surface area contributed by atoms with Crippen LogP contribution in [-0.4, -0.2) is 43.6 Å². The van der Waals surface area contributed by atoms with Gasteiger partial charge in [0.2, 0.25) is 0 Å². The van der Waals surface area contributed by atoms with E-state index in [0.29, 0.717) is 19.5 Å². The molecule has 1 heterocycles. The van der Waals surface area contributed by atoms with Crippen LogP contribution in [0.25, 0.3) is 5.57 Å². The fraction of sp³-hybridized carbons (Fsp3) is 0.526. The SMILES string of the molecule is Cc1cc(C2=CCN(C(=O)OC(C)(C)C)CC2)cc(C)c1OS(=O)(=O)C(F)(F)F. The zero-order chi connectivity index (χ0) is 22.2. The molecule has 0 radical (unpaired) electrons. The van der Waals surface area contributed by atoms with E-state index in [1.54, 1.807) is 37.8 Å². The zero-order valence-electron chi connectivity index (χ0n) is 16.9. The van der Waals surface area contributed by atoms with Crippen LogP contribution >= 0.6 is 0 Å². The number of amides is 1. The Morgan fingerprint density at radius 3 is 2.07 bits per heavy atom. The first-order chi connectivity index (χ1) is 13.1. The highest BCUT2D eigenvalue weighted by Crippen LogP contribution is 2.34. The number of ether oxygens (including phenoxy) is 1. The van der Waals surface area contributed by atoms with Crippen LogP contribution in [0.3, 0.4) is 0 Å². The summed E-state index contributed by atoms with van der Waals surface area (Å²) in [4.78, 5) is 13.7. The molecule has 1 aliphatic heterocycles. The van der Waals surface area contributed by atoms with Crippen molar-refractivity contribution in [3.8, 4) is 5.75 Å². The average molecular weight is 435 g/mol. The summed E-state index contributed by atoms with van der Waals surface area (Å²) < 4.78 is 70.0. The molecule has 0 bridgehead atoms. The Bertz CT molecular complexity index is 907. The van der Waals surface area contributed by atoms with E-state index in [1.165, 1.54) is 13.8 Å². The molecule has 1 amide bonds. The lowest BCUT2D eigenvalue weighted by molar-refractivity contribution is -0.0500. The van der Waals surface area contributed by atoms with E-state index in [4.69, 9.17) is 4.74 Å². The van der Waals surface area contributed by atoms with Crippen molar-refractivity contribution in [1.82, 2.24) is 4.90 Å². The minimum atomic E-state index is -5.74. The Morgan fingerprint density at radius 2 is 1.66 bits per heavy atom. The highest BCUT2D eigenvalue weighted by Gasteiger charge is 2.49. The van der Waals surface area contributed by atoms with Crippen molar-refractivity contribution in [3.05, 3.63) is 34.9 Å². The lowest BCUT2D eigenvalue weighted by Crippen LogP contribution is -2.39. The minimum Gasteiger partial charge on any atom is -0.444 e. The van der Waals surface area contributed by atoms with E-state index in [9.17, 15) is 26.4 Å². The first-order valence-corrected chi connectivity index (χ1v) is 10.3. The van der Waals surface area contributed by atoms with Crippen LogP contribution in [0.5, 0.6) is 5.75 Å². The molecule has 2 rings (SSSR count). The van der Waals surface area contributed by atoms with Gasteiger partial charge in [-0.1, -0.05) is 6.08 Å². The molecule has 162 valence electrons. The number of halogens is 3. The highest BCUT2D eigenvalue weighted by molar-refractivity contribution is 7.88. The quantitative estimate of drug-likeness (QED) is 0.514. The number of alkyl halides is 3. The molecule has 6 nitrogen and oxygen atoms in total. The van der Waals surface area contributed by atoms with Gasteiger partial charge in [0.05, 0.1) is 0 Å². The third-order valence-corrected chi connectivity index (χ3v) is 5.12. The molecule has 0 N–H and O–H groups in total. The second-order valence-electron chi connectivity index (χ2n) is 7.83. The fourth-order valence-corrected chi connectivity index (χ4v) is 3.42. The summed E-state index contributed by atoms with van der Waals surface area (Å²) in [7, 11) is -5.74. The maximum Gasteiger partial charge on any atom is 0.534 e. The van der Waals surface area contributed by atoms with Crippen LogP contribution in [0.4, 0.5) is 18.0 Å². The van der Waals surface area contributed by atoms with Crippen LogP contribution in [0.2, 0.25) is 0 Å². The van der Waals surface area contributed by atoms with Crippen molar-refractivity contribution in [3.63, 3.8) is 0 Å². The van der Waals surface area contributed by atoms with Gasteiger partial charge in [0.25, 0.3) is 0 Å². The number of rotatable bonds is 3. The topological polar surface area (TPSA) is 72.9 Å². The Labute approximate surface area is 168 Å². The minimum absolute atomic E-state index is 0.267. The van der Waals surface area contributed by atoms with E-state index in [1.807, 2.05) is 6.08 Å². The van der Waals surface area contributed by atoms with Gasteiger partial charge >= 0.3 is 21.7 Å². The number of nitrogens with zero attached hydrogens (tertiary/aromatic N) is 1. The molecule has 1 aliphatic rings. The molecule has 0 spiro atoms. The van der Waals surface area contributed by atoms with Crippen molar-refractivity contribution >= 4 is 21.8 Å². The molecule has 1 aromatic carbocycles. The lowest BCUT2D eigenvalue weighted by Gasteiger charge is -2.29. The molecular formula is C19H24F3NO5S.